The highest BCUT2D eigenvalue weighted by Crippen LogP contribution is 2.16. The largest absolute Gasteiger partial charge is 0.452 e. The molecule has 2 aromatic rings. The maximum Gasteiger partial charge on any atom is 0.274 e. The third-order valence-electron chi connectivity index (χ3n) is 1.54. The average molecular weight is 210 g/mol. The lowest BCUT2D eigenvalue weighted by Gasteiger charge is -1.96. The van der Waals surface area contributed by atoms with Gasteiger partial charge in [-0.2, -0.15) is 0 Å². The van der Waals surface area contributed by atoms with Gasteiger partial charge in [-0.1, -0.05) is 0 Å². The Hall–Kier alpha value is -1.69. The molecule has 0 N–H and O–H groups in total. The van der Waals surface area contributed by atoms with Crippen LogP contribution < -0.4 is 0 Å². The van der Waals surface area contributed by atoms with Gasteiger partial charge in [-0.05, 0) is 18.2 Å². The van der Waals surface area contributed by atoms with Gasteiger partial charge in [-0.15, -0.1) is 0 Å². The summed E-state index contributed by atoms with van der Waals surface area (Å²) < 4.78 is 28.1. The van der Waals surface area contributed by atoms with Crippen molar-refractivity contribution in [3.8, 4) is 0 Å². The van der Waals surface area contributed by atoms with Crippen molar-refractivity contribution >= 4 is 9.84 Å². The van der Waals surface area contributed by atoms with Crippen LogP contribution in [0, 0.1) is 0 Å². The number of nitrogens with zero attached hydrogens (tertiary/aromatic N) is 2. The first-order valence-electron chi connectivity index (χ1n) is 3.77. The summed E-state index contributed by atoms with van der Waals surface area (Å²) in [6.07, 6.45) is 4.02. The molecule has 0 aliphatic carbocycles. The van der Waals surface area contributed by atoms with E-state index in [1.807, 2.05) is 0 Å². The van der Waals surface area contributed by atoms with E-state index in [0.717, 1.165) is 0 Å². The quantitative estimate of drug-likeness (QED) is 0.688. The molecule has 0 radical (unpaired) electrons. The Morgan fingerprint density at radius 3 is 2.43 bits per heavy atom. The Bertz CT molecular complexity index is 505. The van der Waals surface area contributed by atoms with Crippen LogP contribution in [0.1, 0.15) is 0 Å². The molecule has 0 saturated heterocycles. The van der Waals surface area contributed by atoms with E-state index in [9.17, 15) is 8.42 Å². The monoisotopic (exact) mass is 210 g/mol. The summed E-state index contributed by atoms with van der Waals surface area (Å²) in [7, 11) is -3.68. The summed E-state index contributed by atoms with van der Waals surface area (Å²) in [6.45, 7) is 0. The number of rotatable bonds is 2. The van der Waals surface area contributed by atoms with E-state index in [-0.39, 0.29) is 10.2 Å². The van der Waals surface area contributed by atoms with Gasteiger partial charge in [-0.3, -0.25) is 0 Å². The zero-order valence-electron chi connectivity index (χ0n) is 6.99. The minimum atomic E-state index is -3.68. The molecular formula is C8H6N2O3S. The van der Waals surface area contributed by atoms with Gasteiger partial charge in [0.25, 0.3) is 15.0 Å². The summed E-state index contributed by atoms with van der Waals surface area (Å²) >= 11 is 0. The fraction of sp³-hybridized carbons (Fsp3) is 0. The van der Waals surface area contributed by atoms with Crippen molar-refractivity contribution in [2.24, 2.45) is 0 Å². The van der Waals surface area contributed by atoms with Crippen molar-refractivity contribution < 1.29 is 12.8 Å². The summed E-state index contributed by atoms with van der Waals surface area (Å²) in [5.41, 5.74) is 0. The van der Waals surface area contributed by atoms with E-state index in [1.165, 1.54) is 30.8 Å². The molecule has 5 nitrogen and oxygen atoms in total. The Morgan fingerprint density at radius 1 is 1.14 bits per heavy atom. The summed E-state index contributed by atoms with van der Waals surface area (Å²) in [6, 6.07) is 4.39. The molecule has 0 unspecified atom stereocenters. The molecule has 0 amide bonds. The molecule has 0 spiro atoms. The van der Waals surface area contributed by atoms with Crippen molar-refractivity contribution in [2.75, 3.05) is 0 Å². The maximum atomic E-state index is 11.7. The van der Waals surface area contributed by atoms with E-state index in [4.69, 9.17) is 4.42 Å². The minimum absolute atomic E-state index is 0.149. The number of furan rings is 1. The van der Waals surface area contributed by atoms with Gasteiger partial charge in [0.1, 0.15) is 0 Å². The first-order chi connectivity index (χ1) is 6.71. The smallest absolute Gasteiger partial charge is 0.274 e. The zero-order valence-corrected chi connectivity index (χ0v) is 7.81. The third-order valence-corrected chi connectivity index (χ3v) is 3.00. The number of hydrogen-bond donors (Lipinski definition) is 0. The fourth-order valence-corrected chi connectivity index (χ4v) is 1.95. The second-order valence-corrected chi connectivity index (χ2v) is 4.24. The van der Waals surface area contributed by atoms with E-state index >= 15 is 0 Å². The van der Waals surface area contributed by atoms with Gasteiger partial charge in [0, 0.05) is 12.4 Å². The molecule has 0 saturated carbocycles. The van der Waals surface area contributed by atoms with Crippen molar-refractivity contribution in [1.29, 1.82) is 0 Å². The van der Waals surface area contributed by atoms with Crippen LogP contribution in [0.15, 0.2) is 51.5 Å². The first-order valence-corrected chi connectivity index (χ1v) is 5.25. The van der Waals surface area contributed by atoms with Gasteiger partial charge in [0.15, 0.2) is 0 Å². The van der Waals surface area contributed by atoms with Crippen molar-refractivity contribution in [1.82, 2.24) is 9.97 Å². The molecule has 14 heavy (non-hydrogen) atoms. The molecule has 6 heteroatoms. The molecule has 0 fully saturated rings. The molecule has 72 valence electrons. The second kappa shape index (κ2) is 3.22. The van der Waals surface area contributed by atoms with Gasteiger partial charge < -0.3 is 4.42 Å². The second-order valence-electron chi connectivity index (χ2n) is 2.47. The van der Waals surface area contributed by atoms with Crippen LogP contribution in [0.5, 0.6) is 0 Å². The highest BCUT2D eigenvalue weighted by atomic mass is 32.2. The molecule has 0 bridgehead atoms. The van der Waals surface area contributed by atoms with Crippen LogP contribution in [0.3, 0.4) is 0 Å². The zero-order chi connectivity index (χ0) is 10.0. The molecule has 0 aliphatic rings. The van der Waals surface area contributed by atoms with Crippen molar-refractivity contribution in [2.45, 2.75) is 10.2 Å². The Kier molecular flexibility index (Phi) is 2.05. The Morgan fingerprint density at radius 2 is 1.86 bits per heavy atom. The van der Waals surface area contributed by atoms with Crippen LogP contribution >= 0.6 is 0 Å². The molecule has 2 heterocycles. The van der Waals surface area contributed by atoms with Crippen LogP contribution in [0.4, 0.5) is 0 Å². The summed E-state index contributed by atoms with van der Waals surface area (Å²) in [5, 5.41) is -0.404. The van der Waals surface area contributed by atoms with E-state index < -0.39 is 9.84 Å². The number of sulfone groups is 1. The van der Waals surface area contributed by atoms with Crippen LogP contribution in [0.25, 0.3) is 0 Å². The molecule has 0 aromatic carbocycles. The SMILES string of the molecule is O=S(=O)(c1ncccn1)c1ccco1. The van der Waals surface area contributed by atoms with E-state index in [0.29, 0.717) is 0 Å². The minimum Gasteiger partial charge on any atom is -0.452 e. The molecule has 0 atom stereocenters. The Labute approximate surface area is 80.3 Å². The van der Waals surface area contributed by atoms with E-state index in [2.05, 4.69) is 9.97 Å². The lowest BCUT2D eigenvalue weighted by atomic mass is 10.7. The predicted molar refractivity (Wildman–Crippen MR) is 46.2 cm³/mol. The van der Waals surface area contributed by atoms with Crippen LogP contribution in [-0.4, -0.2) is 18.4 Å². The van der Waals surface area contributed by atoms with Gasteiger partial charge in [-0.25, -0.2) is 18.4 Å². The molecule has 2 rings (SSSR count). The first kappa shape index (κ1) is 8.89. The topological polar surface area (TPSA) is 73.1 Å². The number of aromatic nitrogens is 2. The number of hydrogen-bond acceptors (Lipinski definition) is 5. The van der Waals surface area contributed by atoms with Gasteiger partial charge >= 0.3 is 0 Å². The fourth-order valence-electron chi connectivity index (χ4n) is 0.931. The average Bonchev–Trinajstić information content (AvgIpc) is 2.72. The van der Waals surface area contributed by atoms with Crippen LogP contribution in [0.2, 0.25) is 0 Å². The maximum absolute atomic E-state index is 11.7. The molecule has 0 aliphatic heterocycles. The van der Waals surface area contributed by atoms with Crippen molar-refractivity contribution in [3.05, 3.63) is 36.9 Å². The summed E-state index contributed by atoms with van der Waals surface area (Å²) in [4.78, 5) is 7.29. The standard InChI is InChI=1S/C8H6N2O3S/c11-14(12,7-3-1-6-13-7)8-9-4-2-5-10-8/h1-6H. The highest BCUT2D eigenvalue weighted by Gasteiger charge is 2.22. The Balaban J connectivity index is 2.55. The van der Waals surface area contributed by atoms with E-state index in [1.54, 1.807) is 6.07 Å². The summed E-state index contributed by atoms with van der Waals surface area (Å²) in [5.74, 6) is 0. The lowest BCUT2D eigenvalue weighted by Crippen LogP contribution is -2.05. The van der Waals surface area contributed by atoms with Gasteiger partial charge in [0.2, 0.25) is 5.09 Å². The predicted octanol–water partition coefficient (Wildman–Crippen LogP) is 0.902. The molecule has 2 aromatic heterocycles. The van der Waals surface area contributed by atoms with Crippen LogP contribution in [-0.2, 0) is 9.84 Å². The lowest BCUT2D eigenvalue weighted by molar-refractivity contribution is 0.447. The third kappa shape index (κ3) is 1.39. The van der Waals surface area contributed by atoms with Crippen molar-refractivity contribution in [3.63, 3.8) is 0 Å². The molecular weight excluding hydrogens is 204 g/mol. The normalized spacial score (nSPS) is 11.4. The van der Waals surface area contributed by atoms with Gasteiger partial charge in [0.05, 0.1) is 6.26 Å². The highest BCUT2D eigenvalue weighted by molar-refractivity contribution is 7.91.